The van der Waals surface area contributed by atoms with Crippen LogP contribution in [0.3, 0.4) is 0 Å². The number of carbonyl (C=O) groups is 1. The van der Waals surface area contributed by atoms with Crippen LogP contribution in [0.25, 0.3) is 0 Å². The molecule has 0 aromatic heterocycles. The smallest absolute Gasteiger partial charge is 0.302 e. The van der Waals surface area contributed by atoms with Crippen LogP contribution in [0, 0.1) is 17.8 Å². The van der Waals surface area contributed by atoms with Crippen LogP contribution in [0.2, 0.25) is 0 Å². The van der Waals surface area contributed by atoms with E-state index in [-0.39, 0.29) is 30.5 Å². The molecule has 0 aliphatic carbocycles. The molecule has 2 unspecified atom stereocenters. The zero-order chi connectivity index (χ0) is 11.4. The highest BCUT2D eigenvalue weighted by Crippen LogP contribution is 2.31. The first-order chi connectivity index (χ1) is 7.06. The quantitative estimate of drug-likeness (QED) is 0.707. The molecule has 4 atom stereocenters. The van der Waals surface area contributed by atoms with E-state index in [4.69, 9.17) is 14.6 Å². The van der Waals surface area contributed by atoms with Crippen LogP contribution in [-0.2, 0) is 14.3 Å². The van der Waals surface area contributed by atoms with Gasteiger partial charge in [0, 0.05) is 25.4 Å². The normalized spacial score (nSPS) is 32.7. The van der Waals surface area contributed by atoms with Crippen LogP contribution in [0.1, 0.15) is 20.8 Å². The zero-order valence-corrected chi connectivity index (χ0v) is 9.60. The van der Waals surface area contributed by atoms with Crippen LogP contribution in [0.5, 0.6) is 0 Å². The minimum atomic E-state index is -0.258. The van der Waals surface area contributed by atoms with Crippen molar-refractivity contribution >= 4 is 5.97 Å². The van der Waals surface area contributed by atoms with E-state index in [0.29, 0.717) is 19.1 Å². The Morgan fingerprint density at radius 2 is 2.33 bits per heavy atom. The minimum Gasteiger partial charge on any atom is -0.465 e. The summed E-state index contributed by atoms with van der Waals surface area (Å²) in [7, 11) is 0. The number of aliphatic hydroxyl groups is 1. The maximum Gasteiger partial charge on any atom is 0.302 e. The number of esters is 1. The molecule has 0 aromatic rings. The van der Waals surface area contributed by atoms with Crippen LogP contribution in [-0.4, -0.2) is 37.0 Å². The molecule has 1 N–H and O–H groups in total. The molecule has 15 heavy (non-hydrogen) atoms. The maximum atomic E-state index is 10.7. The SMILES string of the molecule is CC(=O)OCC(C)C1OC[C@@H](CO)[C@@H]1C. The van der Waals surface area contributed by atoms with Crippen LogP contribution >= 0.6 is 0 Å². The molecule has 0 amide bonds. The van der Waals surface area contributed by atoms with Gasteiger partial charge in [-0.3, -0.25) is 4.79 Å². The molecule has 1 fully saturated rings. The van der Waals surface area contributed by atoms with E-state index in [1.807, 2.05) is 6.92 Å². The van der Waals surface area contributed by atoms with Crippen LogP contribution in [0.4, 0.5) is 0 Å². The van der Waals surface area contributed by atoms with Gasteiger partial charge >= 0.3 is 5.97 Å². The third-order valence-corrected chi connectivity index (χ3v) is 3.11. The molecule has 4 nitrogen and oxygen atoms in total. The number of carbonyl (C=O) groups excluding carboxylic acids is 1. The number of aliphatic hydroxyl groups excluding tert-OH is 1. The second-order valence-corrected chi connectivity index (χ2v) is 4.38. The predicted octanol–water partition coefficient (Wildman–Crippen LogP) is 0.829. The van der Waals surface area contributed by atoms with Crippen molar-refractivity contribution in [3.8, 4) is 0 Å². The summed E-state index contributed by atoms with van der Waals surface area (Å²) >= 11 is 0. The van der Waals surface area contributed by atoms with E-state index in [1.165, 1.54) is 6.92 Å². The van der Waals surface area contributed by atoms with E-state index >= 15 is 0 Å². The molecular formula is C11H20O4. The molecule has 1 rings (SSSR count). The fourth-order valence-electron chi connectivity index (χ4n) is 2.05. The van der Waals surface area contributed by atoms with E-state index < -0.39 is 0 Å². The number of hydrogen-bond donors (Lipinski definition) is 1. The molecule has 1 saturated heterocycles. The van der Waals surface area contributed by atoms with Crippen molar-refractivity contribution in [1.82, 2.24) is 0 Å². The Kier molecular flexibility index (Phi) is 4.54. The molecule has 1 aliphatic rings. The van der Waals surface area contributed by atoms with Crippen molar-refractivity contribution in [3.63, 3.8) is 0 Å². The summed E-state index contributed by atoms with van der Waals surface area (Å²) in [6, 6.07) is 0. The Balaban J connectivity index is 2.40. The van der Waals surface area contributed by atoms with Gasteiger partial charge in [0.15, 0.2) is 0 Å². The number of ether oxygens (including phenoxy) is 2. The number of rotatable bonds is 4. The highest BCUT2D eigenvalue weighted by atomic mass is 16.5. The van der Waals surface area contributed by atoms with Crippen molar-refractivity contribution in [1.29, 1.82) is 0 Å². The topological polar surface area (TPSA) is 55.8 Å². The van der Waals surface area contributed by atoms with Crippen molar-refractivity contribution in [2.24, 2.45) is 17.8 Å². The van der Waals surface area contributed by atoms with Gasteiger partial charge in [0.25, 0.3) is 0 Å². The highest BCUT2D eigenvalue weighted by molar-refractivity contribution is 5.65. The number of hydrogen-bond acceptors (Lipinski definition) is 4. The summed E-state index contributed by atoms with van der Waals surface area (Å²) in [5.41, 5.74) is 0. The van der Waals surface area contributed by atoms with E-state index in [9.17, 15) is 4.79 Å². The second kappa shape index (κ2) is 5.47. The van der Waals surface area contributed by atoms with Crippen molar-refractivity contribution < 1.29 is 19.4 Å². The second-order valence-electron chi connectivity index (χ2n) is 4.38. The van der Waals surface area contributed by atoms with E-state index in [0.717, 1.165) is 0 Å². The van der Waals surface area contributed by atoms with Gasteiger partial charge in [0.05, 0.1) is 19.3 Å². The van der Waals surface area contributed by atoms with Gasteiger partial charge in [-0.1, -0.05) is 13.8 Å². The molecule has 1 heterocycles. The minimum absolute atomic E-state index is 0.0847. The van der Waals surface area contributed by atoms with Crippen molar-refractivity contribution in [2.45, 2.75) is 26.9 Å². The average molecular weight is 216 g/mol. The lowest BCUT2D eigenvalue weighted by Crippen LogP contribution is -2.29. The molecule has 0 spiro atoms. The highest BCUT2D eigenvalue weighted by Gasteiger charge is 2.36. The first-order valence-electron chi connectivity index (χ1n) is 5.42. The lowest BCUT2D eigenvalue weighted by molar-refractivity contribution is -0.143. The summed E-state index contributed by atoms with van der Waals surface area (Å²) in [5.74, 6) is 0.460. The Morgan fingerprint density at radius 3 is 2.80 bits per heavy atom. The fourth-order valence-corrected chi connectivity index (χ4v) is 2.05. The van der Waals surface area contributed by atoms with Crippen molar-refractivity contribution in [2.75, 3.05) is 19.8 Å². The summed E-state index contributed by atoms with van der Waals surface area (Å²) in [4.78, 5) is 10.7. The predicted molar refractivity (Wildman–Crippen MR) is 55.3 cm³/mol. The summed E-state index contributed by atoms with van der Waals surface area (Å²) in [5, 5.41) is 9.09. The Hall–Kier alpha value is -0.610. The third-order valence-electron chi connectivity index (χ3n) is 3.11. The lowest BCUT2D eigenvalue weighted by atomic mass is 9.87. The molecule has 0 aromatic carbocycles. The van der Waals surface area contributed by atoms with Crippen LogP contribution in [0.15, 0.2) is 0 Å². The Morgan fingerprint density at radius 1 is 1.67 bits per heavy atom. The summed E-state index contributed by atoms with van der Waals surface area (Å²) in [6.07, 6.45) is 0.0847. The van der Waals surface area contributed by atoms with Gasteiger partial charge in [0.2, 0.25) is 0 Å². The monoisotopic (exact) mass is 216 g/mol. The maximum absolute atomic E-state index is 10.7. The molecular weight excluding hydrogens is 196 g/mol. The first-order valence-corrected chi connectivity index (χ1v) is 5.42. The average Bonchev–Trinajstić information content (AvgIpc) is 2.56. The molecule has 88 valence electrons. The van der Waals surface area contributed by atoms with Gasteiger partial charge in [-0.25, -0.2) is 0 Å². The van der Waals surface area contributed by atoms with Gasteiger partial charge < -0.3 is 14.6 Å². The lowest BCUT2D eigenvalue weighted by Gasteiger charge is -2.23. The Bertz CT molecular complexity index is 217. The van der Waals surface area contributed by atoms with Gasteiger partial charge in [-0.2, -0.15) is 0 Å². The third kappa shape index (κ3) is 3.18. The van der Waals surface area contributed by atoms with Crippen LogP contribution < -0.4 is 0 Å². The summed E-state index contributed by atoms with van der Waals surface area (Å²) < 4.78 is 10.6. The zero-order valence-electron chi connectivity index (χ0n) is 9.60. The largest absolute Gasteiger partial charge is 0.465 e. The van der Waals surface area contributed by atoms with Gasteiger partial charge in [0.1, 0.15) is 0 Å². The van der Waals surface area contributed by atoms with E-state index in [1.54, 1.807) is 0 Å². The fraction of sp³-hybridized carbons (Fsp3) is 0.909. The molecule has 0 saturated carbocycles. The molecule has 1 aliphatic heterocycles. The molecule has 4 heteroatoms. The molecule has 0 bridgehead atoms. The van der Waals surface area contributed by atoms with Gasteiger partial charge in [-0.15, -0.1) is 0 Å². The van der Waals surface area contributed by atoms with E-state index in [2.05, 4.69) is 6.92 Å². The van der Waals surface area contributed by atoms with Gasteiger partial charge in [-0.05, 0) is 5.92 Å². The molecule has 0 radical (unpaired) electrons. The standard InChI is InChI=1S/C11H20O4/c1-7(5-14-9(3)13)11-8(2)10(4-12)6-15-11/h7-8,10-12H,4-6H2,1-3H3/t7?,8-,10+,11?/m0/s1. The first kappa shape index (κ1) is 12.5. The Labute approximate surface area is 90.6 Å². The summed E-state index contributed by atoms with van der Waals surface area (Å²) in [6.45, 7) is 6.64. The van der Waals surface area contributed by atoms with Crippen molar-refractivity contribution in [3.05, 3.63) is 0 Å².